The first kappa shape index (κ1) is 26.3. The Bertz CT molecular complexity index is 1110. The third-order valence-electron chi connectivity index (χ3n) is 6.10. The third kappa shape index (κ3) is 7.13. The van der Waals surface area contributed by atoms with Crippen LogP contribution in [0.2, 0.25) is 5.02 Å². The number of nitrogens with zero attached hydrogens (tertiary/aromatic N) is 3. The minimum absolute atomic E-state index is 0.121. The number of aryl methyl sites for hydroxylation is 1. The van der Waals surface area contributed by atoms with Gasteiger partial charge in [0.2, 0.25) is 0 Å². The minimum Gasteiger partial charge on any atom is -0.493 e. The van der Waals surface area contributed by atoms with Crippen molar-refractivity contribution in [1.29, 1.82) is 0 Å². The number of halogens is 1. The van der Waals surface area contributed by atoms with Gasteiger partial charge >= 0.3 is 0 Å². The molecule has 0 amide bonds. The number of ether oxygens (including phenoxy) is 4. The summed E-state index contributed by atoms with van der Waals surface area (Å²) in [6.07, 6.45) is 4.66. The molecule has 36 heavy (non-hydrogen) atoms. The molecule has 0 saturated carbocycles. The van der Waals surface area contributed by atoms with E-state index in [1.165, 1.54) is 0 Å². The van der Waals surface area contributed by atoms with Crippen LogP contribution in [0.5, 0.6) is 17.2 Å². The van der Waals surface area contributed by atoms with Crippen LogP contribution in [0.15, 0.2) is 54.9 Å². The zero-order valence-corrected chi connectivity index (χ0v) is 21.6. The van der Waals surface area contributed by atoms with Crippen LogP contribution in [-0.4, -0.2) is 71.8 Å². The van der Waals surface area contributed by atoms with Crippen LogP contribution < -0.4 is 14.2 Å². The molecular weight excluding hydrogens is 482 g/mol. The van der Waals surface area contributed by atoms with Crippen molar-refractivity contribution in [1.82, 2.24) is 14.5 Å². The van der Waals surface area contributed by atoms with Gasteiger partial charge in [-0.3, -0.25) is 4.90 Å². The predicted octanol–water partition coefficient (Wildman–Crippen LogP) is 3.83. The molecule has 0 aliphatic carbocycles. The van der Waals surface area contributed by atoms with Gasteiger partial charge in [-0.1, -0.05) is 24.6 Å². The quantitative estimate of drug-likeness (QED) is 0.416. The fraction of sp³-hybridized carbons (Fsp3) is 0.444. The summed E-state index contributed by atoms with van der Waals surface area (Å²) in [6.45, 7) is 5.92. The fourth-order valence-corrected chi connectivity index (χ4v) is 4.40. The number of methoxy groups -OCH3 is 1. The van der Waals surface area contributed by atoms with E-state index < -0.39 is 5.60 Å². The molecule has 4 rings (SSSR count). The Morgan fingerprint density at radius 3 is 2.75 bits per heavy atom. The van der Waals surface area contributed by atoms with Gasteiger partial charge in [0, 0.05) is 43.5 Å². The monoisotopic (exact) mass is 515 g/mol. The van der Waals surface area contributed by atoms with E-state index in [1.807, 2.05) is 30.6 Å². The van der Waals surface area contributed by atoms with Crippen molar-refractivity contribution in [2.24, 2.45) is 0 Å². The summed E-state index contributed by atoms with van der Waals surface area (Å²) in [5.74, 6) is 3.07. The number of benzene rings is 2. The molecule has 3 aromatic rings. The van der Waals surface area contributed by atoms with Gasteiger partial charge in [-0.25, -0.2) is 4.98 Å². The minimum atomic E-state index is -1.14. The second kappa shape index (κ2) is 12.5. The molecule has 1 fully saturated rings. The molecule has 1 saturated heterocycles. The van der Waals surface area contributed by atoms with Crippen LogP contribution in [0.4, 0.5) is 0 Å². The second-order valence-corrected chi connectivity index (χ2v) is 9.39. The standard InChI is InChI=1S/C27H34ClN3O5/c1-3-26-29-10-11-31(26)13-15-35-25-16-21(4-9-24(25)33-2)17-30-12-14-34-19-27(32,18-30)20-36-23-7-5-22(28)6-8-23/h4-11,16,32H,3,12-15,17-20H2,1-2H3/t27-/m0/s1. The van der Waals surface area contributed by atoms with Gasteiger partial charge in [-0.15, -0.1) is 0 Å². The van der Waals surface area contributed by atoms with Crippen LogP contribution in [0.25, 0.3) is 0 Å². The molecule has 194 valence electrons. The summed E-state index contributed by atoms with van der Waals surface area (Å²) < 4.78 is 25.3. The topological polar surface area (TPSA) is 78.2 Å². The van der Waals surface area contributed by atoms with Crippen molar-refractivity contribution in [3.05, 3.63) is 71.3 Å². The molecule has 0 bridgehead atoms. The molecular formula is C27H34ClN3O5. The SMILES string of the molecule is CCc1nccn1CCOc1cc(CN2CCOC[C@](O)(COc3ccc(Cl)cc3)C2)ccc1OC. The average molecular weight is 516 g/mol. The Labute approximate surface area is 217 Å². The Hall–Kier alpha value is -2.78. The van der Waals surface area contributed by atoms with Crippen molar-refractivity contribution >= 4 is 11.6 Å². The van der Waals surface area contributed by atoms with Gasteiger partial charge in [0.25, 0.3) is 0 Å². The predicted molar refractivity (Wildman–Crippen MR) is 138 cm³/mol. The van der Waals surface area contributed by atoms with E-state index in [9.17, 15) is 5.11 Å². The summed E-state index contributed by atoms with van der Waals surface area (Å²) in [4.78, 5) is 6.53. The van der Waals surface area contributed by atoms with Crippen molar-refractivity contribution in [2.45, 2.75) is 32.0 Å². The van der Waals surface area contributed by atoms with Crippen LogP contribution in [0.1, 0.15) is 18.3 Å². The summed E-state index contributed by atoms with van der Waals surface area (Å²) in [5.41, 5.74) is -0.0745. The number of β-amino-alcohol motifs (C(OH)–C–C–N with tert-alkyl or cyclic N) is 1. The molecule has 8 nitrogen and oxygen atoms in total. The maximum Gasteiger partial charge on any atom is 0.161 e. The molecule has 9 heteroatoms. The molecule has 1 aliphatic rings. The van der Waals surface area contributed by atoms with Gasteiger partial charge in [0.1, 0.15) is 30.4 Å². The van der Waals surface area contributed by atoms with Crippen molar-refractivity contribution in [3.8, 4) is 17.2 Å². The molecule has 1 atom stereocenters. The van der Waals surface area contributed by atoms with Crippen LogP contribution in [-0.2, 0) is 24.2 Å². The van der Waals surface area contributed by atoms with Crippen LogP contribution in [0.3, 0.4) is 0 Å². The van der Waals surface area contributed by atoms with Gasteiger partial charge in [0.15, 0.2) is 11.5 Å². The second-order valence-electron chi connectivity index (χ2n) is 8.95. The molecule has 0 radical (unpaired) electrons. The molecule has 2 heterocycles. The smallest absolute Gasteiger partial charge is 0.161 e. The van der Waals surface area contributed by atoms with Crippen molar-refractivity contribution < 1.29 is 24.1 Å². The maximum absolute atomic E-state index is 11.2. The average Bonchev–Trinajstić information content (AvgIpc) is 3.25. The normalized spacial score (nSPS) is 18.6. The number of aliphatic hydroxyl groups is 1. The Balaban J connectivity index is 1.37. The third-order valence-corrected chi connectivity index (χ3v) is 6.36. The highest BCUT2D eigenvalue weighted by Gasteiger charge is 2.33. The van der Waals surface area contributed by atoms with E-state index in [0.29, 0.717) is 61.7 Å². The van der Waals surface area contributed by atoms with E-state index in [-0.39, 0.29) is 13.2 Å². The molecule has 0 spiro atoms. The Kier molecular flexibility index (Phi) is 9.09. The van der Waals surface area contributed by atoms with Gasteiger partial charge in [-0.2, -0.15) is 0 Å². The lowest BCUT2D eigenvalue weighted by atomic mass is 10.1. The van der Waals surface area contributed by atoms with Gasteiger partial charge < -0.3 is 28.6 Å². The van der Waals surface area contributed by atoms with E-state index in [0.717, 1.165) is 17.8 Å². The summed E-state index contributed by atoms with van der Waals surface area (Å²) in [5, 5.41) is 11.9. The fourth-order valence-electron chi connectivity index (χ4n) is 4.27. The lowest BCUT2D eigenvalue weighted by Gasteiger charge is -2.30. The number of imidazole rings is 1. The first-order chi connectivity index (χ1) is 17.5. The molecule has 1 aromatic heterocycles. The van der Waals surface area contributed by atoms with Gasteiger partial charge in [-0.05, 0) is 42.0 Å². The Morgan fingerprint density at radius 2 is 1.97 bits per heavy atom. The van der Waals surface area contributed by atoms with E-state index in [1.54, 1.807) is 31.4 Å². The number of rotatable bonds is 11. The van der Waals surface area contributed by atoms with E-state index in [2.05, 4.69) is 21.4 Å². The molecule has 1 N–H and O–H groups in total. The molecule has 2 aromatic carbocycles. The highest BCUT2D eigenvalue weighted by molar-refractivity contribution is 6.30. The number of hydrogen-bond acceptors (Lipinski definition) is 7. The van der Waals surface area contributed by atoms with Crippen LogP contribution in [0, 0.1) is 0 Å². The lowest BCUT2D eigenvalue weighted by Crippen LogP contribution is -2.48. The van der Waals surface area contributed by atoms with Crippen molar-refractivity contribution in [2.75, 3.05) is 46.6 Å². The van der Waals surface area contributed by atoms with Crippen molar-refractivity contribution in [3.63, 3.8) is 0 Å². The maximum atomic E-state index is 11.2. The highest BCUT2D eigenvalue weighted by Crippen LogP contribution is 2.29. The largest absolute Gasteiger partial charge is 0.493 e. The summed E-state index contributed by atoms with van der Waals surface area (Å²) in [7, 11) is 1.64. The van der Waals surface area contributed by atoms with Gasteiger partial charge in [0.05, 0.1) is 26.9 Å². The lowest BCUT2D eigenvalue weighted by molar-refractivity contribution is -0.0646. The summed E-state index contributed by atoms with van der Waals surface area (Å²) >= 11 is 5.95. The summed E-state index contributed by atoms with van der Waals surface area (Å²) in [6, 6.07) is 13.0. The first-order valence-electron chi connectivity index (χ1n) is 12.2. The number of aromatic nitrogens is 2. The molecule has 1 aliphatic heterocycles. The Morgan fingerprint density at radius 1 is 1.14 bits per heavy atom. The molecule has 0 unspecified atom stereocenters. The highest BCUT2D eigenvalue weighted by atomic mass is 35.5. The zero-order valence-electron chi connectivity index (χ0n) is 20.9. The van der Waals surface area contributed by atoms with E-state index in [4.69, 9.17) is 30.5 Å². The van der Waals surface area contributed by atoms with Crippen LogP contribution >= 0.6 is 11.6 Å². The van der Waals surface area contributed by atoms with E-state index >= 15 is 0 Å². The number of hydrogen-bond donors (Lipinski definition) is 1. The first-order valence-corrected chi connectivity index (χ1v) is 12.6. The zero-order chi connectivity index (χ0) is 25.4.